The van der Waals surface area contributed by atoms with Crippen molar-refractivity contribution < 1.29 is 22.7 Å². The summed E-state index contributed by atoms with van der Waals surface area (Å²) in [6.45, 7) is 6.07. The molecule has 2 heterocycles. The molecule has 2 aliphatic rings. The van der Waals surface area contributed by atoms with Gasteiger partial charge in [0.2, 0.25) is 15.8 Å². The number of carbonyl (C=O) groups is 1. The van der Waals surface area contributed by atoms with Gasteiger partial charge >= 0.3 is 0 Å². The fraction of sp³-hybridized carbons (Fsp3) is 0.500. The Morgan fingerprint density at radius 2 is 1.69 bits per heavy atom. The maximum atomic E-state index is 12.8. The Labute approximate surface area is 154 Å². The van der Waals surface area contributed by atoms with Gasteiger partial charge in [-0.05, 0) is 23.6 Å². The van der Waals surface area contributed by atoms with Crippen LogP contribution < -0.4 is 0 Å². The van der Waals surface area contributed by atoms with E-state index in [1.807, 2.05) is 12.1 Å². The molecule has 1 fully saturated rings. The minimum Gasteiger partial charge on any atom is -0.494 e. The molecule has 0 aromatic heterocycles. The summed E-state index contributed by atoms with van der Waals surface area (Å²) in [4.78, 5) is 14.2. The molecule has 0 aliphatic carbocycles. The molecule has 2 aliphatic heterocycles. The highest BCUT2D eigenvalue weighted by Crippen LogP contribution is 2.22. The minimum atomic E-state index is -3.55. The lowest BCUT2D eigenvalue weighted by molar-refractivity contribution is -0.133. The van der Waals surface area contributed by atoms with E-state index in [1.54, 1.807) is 17.0 Å². The minimum absolute atomic E-state index is 0.178. The van der Waals surface area contributed by atoms with Crippen molar-refractivity contribution in [1.82, 2.24) is 9.21 Å². The second kappa shape index (κ2) is 7.67. The fourth-order valence-corrected chi connectivity index (χ4v) is 4.36. The summed E-state index contributed by atoms with van der Waals surface area (Å²) in [5.74, 6) is 0.265. The SMILES string of the molecule is CC(C)c1ccc(S(=O)(=O)N2CCN(C(=O)C3=COCCO3)CC2)cc1. The Morgan fingerprint density at radius 3 is 2.23 bits per heavy atom. The average molecular weight is 380 g/mol. The molecule has 0 atom stereocenters. The molecule has 0 unspecified atom stereocenters. The predicted octanol–water partition coefficient (Wildman–Crippen LogP) is 1.53. The summed E-state index contributed by atoms with van der Waals surface area (Å²) in [5.41, 5.74) is 1.10. The standard InChI is InChI=1S/C18H24N2O5S/c1-14(2)15-3-5-16(6-4-15)26(22,23)20-9-7-19(8-10-20)18(21)17-13-24-11-12-25-17/h3-6,13-14H,7-12H2,1-2H3. The van der Waals surface area contributed by atoms with E-state index in [1.165, 1.54) is 10.6 Å². The third-order valence-corrected chi connectivity index (χ3v) is 6.48. The predicted molar refractivity (Wildman–Crippen MR) is 95.9 cm³/mol. The number of carbonyl (C=O) groups excluding carboxylic acids is 1. The number of piperazine rings is 1. The van der Waals surface area contributed by atoms with E-state index in [-0.39, 0.29) is 29.7 Å². The van der Waals surface area contributed by atoms with Crippen LogP contribution >= 0.6 is 0 Å². The van der Waals surface area contributed by atoms with Gasteiger partial charge in [0.1, 0.15) is 19.5 Å². The van der Waals surface area contributed by atoms with Crippen LogP contribution in [0.25, 0.3) is 0 Å². The number of nitrogens with zero attached hydrogens (tertiary/aromatic N) is 2. The Kier molecular flexibility index (Phi) is 5.52. The van der Waals surface area contributed by atoms with Gasteiger partial charge in [0, 0.05) is 26.2 Å². The summed E-state index contributed by atoms with van der Waals surface area (Å²) in [7, 11) is -3.55. The maximum absolute atomic E-state index is 12.8. The lowest BCUT2D eigenvalue weighted by Gasteiger charge is -2.34. The number of benzene rings is 1. The van der Waals surface area contributed by atoms with Crippen molar-refractivity contribution in [2.75, 3.05) is 39.4 Å². The van der Waals surface area contributed by atoms with Gasteiger partial charge in [-0.1, -0.05) is 26.0 Å². The van der Waals surface area contributed by atoms with Crippen LogP contribution in [0.2, 0.25) is 0 Å². The highest BCUT2D eigenvalue weighted by atomic mass is 32.2. The van der Waals surface area contributed by atoms with Crippen LogP contribution in [0.3, 0.4) is 0 Å². The van der Waals surface area contributed by atoms with Crippen LogP contribution in [0.4, 0.5) is 0 Å². The van der Waals surface area contributed by atoms with Gasteiger partial charge in [0.25, 0.3) is 5.91 Å². The van der Waals surface area contributed by atoms with E-state index in [2.05, 4.69) is 13.8 Å². The third-order valence-electron chi connectivity index (χ3n) is 4.57. The number of hydrogen-bond acceptors (Lipinski definition) is 5. The molecule has 0 bridgehead atoms. The highest BCUT2D eigenvalue weighted by molar-refractivity contribution is 7.89. The average Bonchev–Trinajstić information content (AvgIpc) is 2.68. The first-order chi connectivity index (χ1) is 12.4. The normalized spacial score (nSPS) is 18.9. The molecular formula is C18H24N2O5S. The zero-order valence-electron chi connectivity index (χ0n) is 15.1. The molecule has 0 spiro atoms. The summed E-state index contributed by atoms with van der Waals surface area (Å²) in [6.07, 6.45) is 1.32. The van der Waals surface area contributed by atoms with E-state index < -0.39 is 10.0 Å². The Morgan fingerprint density at radius 1 is 1.04 bits per heavy atom. The monoisotopic (exact) mass is 380 g/mol. The zero-order chi connectivity index (χ0) is 18.7. The molecule has 7 nitrogen and oxygen atoms in total. The van der Waals surface area contributed by atoms with Crippen LogP contribution in [0.1, 0.15) is 25.3 Å². The first-order valence-corrected chi connectivity index (χ1v) is 10.2. The molecule has 26 heavy (non-hydrogen) atoms. The summed E-state index contributed by atoms with van der Waals surface area (Å²) in [5, 5.41) is 0. The van der Waals surface area contributed by atoms with Crippen LogP contribution in [0, 0.1) is 0 Å². The maximum Gasteiger partial charge on any atom is 0.292 e. The van der Waals surface area contributed by atoms with Crippen LogP contribution in [-0.4, -0.2) is 62.9 Å². The summed E-state index contributed by atoms with van der Waals surface area (Å²) in [6, 6.07) is 7.01. The molecule has 3 rings (SSSR count). The van der Waals surface area contributed by atoms with Crippen molar-refractivity contribution in [1.29, 1.82) is 0 Å². The molecular weight excluding hydrogens is 356 g/mol. The number of sulfonamides is 1. The smallest absolute Gasteiger partial charge is 0.292 e. The van der Waals surface area contributed by atoms with E-state index in [0.29, 0.717) is 32.2 Å². The van der Waals surface area contributed by atoms with Gasteiger partial charge in [0.05, 0.1) is 4.90 Å². The summed E-state index contributed by atoms with van der Waals surface area (Å²) < 4.78 is 37.5. The second-order valence-corrected chi connectivity index (χ2v) is 8.56. The molecule has 0 saturated carbocycles. The molecule has 1 aromatic rings. The van der Waals surface area contributed by atoms with Gasteiger partial charge in [-0.2, -0.15) is 4.31 Å². The van der Waals surface area contributed by atoms with Crippen LogP contribution in [0.5, 0.6) is 0 Å². The molecule has 1 saturated heterocycles. The Balaban J connectivity index is 1.65. The molecule has 0 N–H and O–H groups in total. The first-order valence-electron chi connectivity index (χ1n) is 8.73. The molecule has 1 aromatic carbocycles. The van der Waals surface area contributed by atoms with E-state index in [9.17, 15) is 13.2 Å². The van der Waals surface area contributed by atoms with Gasteiger partial charge in [0.15, 0.2) is 0 Å². The van der Waals surface area contributed by atoms with Crippen molar-refractivity contribution in [3.8, 4) is 0 Å². The van der Waals surface area contributed by atoms with Crippen LogP contribution in [0.15, 0.2) is 41.2 Å². The first kappa shape index (κ1) is 18.7. The number of amides is 1. The largest absolute Gasteiger partial charge is 0.494 e. The molecule has 8 heteroatoms. The topological polar surface area (TPSA) is 76.2 Å². The van der Waals surface area contributed by atoms with Gasteiger partial charge in [-0.25, -0.2) is 8.42 Å². The molecule has 0 radical (unpaired) electrons. The molecule has 1 amide bonds. The van der Waals surface area contributed by atoms with Crippen molar-refractivity contribution in [2.24, 2.45) is 0 Å². The van der Waals surface area contributed by atoms with Crippen molar-refractivity contribution in [3.05, 3.63) is 41.9 Å². The van der Waals surface area contributed by atoms with Crippen LogP contribution in [-0.2, 0) is 24.3 Å². The van der Waals surface area contributed by atoms with Gasteiger partial charge < -0.3 is 14.4 Å². The number of hydrogen-bond donors (Lipinski definition) is 0. The van der Waals surface area contributed by atoms with E-state index >= 15 is 0 Å². The fourth-order valence-electron chi connectivity index (χ4n) is 2.94. The Hall–Kier alpha value is -2.06. The Bertz CT molecular complexity index is 778. The second-order valence-electron chi connectivity index (χ2n) is 6.62. The number of ether oxygens (including phenoxy) is 2. The van der Waals surface area contributed by atoms with Crippen molar-refractivity contribution in [2.45, 2.75) is 24.7 Å². The quantitative estimate of drug-likeness (QED) is 0.792. The molecule has 142 valence electrons. The number of rotatable bonds is 4. The van der Waals surface area contributed by atoms with E-state index in [4.69, 9.17) is 9.47 Å². The summed E-state index contributed by atoms with van der Waals surface area (Å²) >= 11 is 0. The van der Waals surface area contributed by atoms with Crippen molar-refractivity contribution in [3.63, 3.8) is 0 Å². The lowest BCUT2D eigenvalue weighted by Crippen LogP contribution is -2.51. The van der Waals surface area contributed by atoms with Gasteiger partial charge in [-0.15, -0.1) is 0 Å². The zero-order valence-corrected chi connectivity index (χ0v) is 15.9. The highest BCUT2D eigenvalue weighted by Gasteiger charge is 2.32. The van der Waals surface area contributed by atoms with E-state index in [0.717, 1.165) is 5.56 Å². The van der Waals surface area contributed by atoms with Crippen molar-refractivity contribution >= 4 is 15.9 Å². The third kappa shape index (κ3) is 3.86. The van der Waals surface area contributed by atoms with Gasteiger partial charge in [-0.3, -0.25) is 4.79 Å². The lowest BCUT2D eigenvalue weighted by atomic mass is 10.0.